The normalized spacial score (nSPS) is 21.3. The summed E-state index contributed by atoms with van der Waals surface area (Å²) < 4.78 is 77.2. The minimum Gasteiger partial charge on any atom is -0.474 e. The number of methoxy groups -OCH3 is 1. The van der Waals surface area contributed by atoms with Crippen LogP contribution < -0.4 is 25.8 Å². The SMILES string of the molecule is COC1(C)CN(CC2(COc3nc4c5c(nc(-c6cc(N)nc(C)c6C(F)(F)F)c(F)c5n3)OC(C)CCNCCN4)CC2)C1. The molecule has 2 fully saturated rings. The number of rotatable bonds is 7. The number of halogens is 4. The highest BCUT2D eigenvalue weighted by molar-refractivity contribution is 5.96. The summed E-state index contributed by atoms with van der Waals surface area (Å²) in [5.41, 5.74) is 2.63. The molecule has 2 aliphatic heterocycles. The van der Waals surface area contributed by atoms with Gasteiger partial charge in [-0.15, -0.1) is 0 Å². The zero-order valence-corrected chi connectivity index (χ0v) is 25.8. The van der Waals surface area contributed by atoms with E-state index in [2.05, 4.69) is 42.4 Å². The topological polar surface area (TPSA) is 133 Å². The van der Waals surface area contributed by atoms with Gasteiger partial charge in [-0.2, -0.15) is 23.1 Å². The molecule has 1 saturated heterocycles. The molecule has 5 heterocycles. The number of likely N-dealkylation sites (tertiary alicyclic amines) is 1. The molecule has 0 spiro atoms. The first-order valence-corrected chi connectivity index (χ1v) is 15.1. The van der Waals surface area contributed by atoms with Crippen LogP contribution in [0, 0.1) is 18.2 Å². The van der Waals surface area contributed by atoms with Crippen molar-refractivity contribution in [1.29, 1.82) is 0 Å². The van der Waals surface area contributed by atoms with Crippen molar-refractivity contribution >= 4 is 22.5 Å². The van der Waals surface area contributed by atoms with Gasteiger partial charge in [0, 0.05) is 50.8 Å². The maximum atomic E-state index is 16.5. The molecule has 0 amide bonds. The van der Waals surface area contributed by atoms with Crippen LogP contribution in [0.25, 0.3) is 22.2 Å². The van der Waals surface area contributed by atoms with Crippen LogP contribution in [-0.4, -0.2) is 89.5 Å². The number of pyridine rings is 2. The molecule has 1 atom stereocenters. The number of hydrogen-bond acceptors (Lipinski definition) is 11. The molecule has 4 N–H and O–H groups in total. The van der Waals surface area contributed by atoms with Crippen molar-refractivity contribution in [2.75, 3.05) is 64.0 Å². The van der Waals surface area contributed by atoms with E-state index in [4.69, 9.17) is 19.9 Å². The maximum Gasteiger partial charge on any atom is 0.418 e. The van der Waals surface area contributed by atoms with Gasteiger partial charge in [0.1, 0.15) is 28.2 Å². The van der Waals surface area contributed by atoms with Crippen LogP contribution in [0.15, 0.2) is 6.07 Å². The van der Waals surface area contributed by atoms with Crippen molar-refractivity contribution in [3.05, 3.63) is 23.1 Å². The fourth-order valence-electron chi connectivity index (χ4n) is 6.12. The summed E-state index contributed by atoms with van der Waals surface area (Å²) in [6.45, 7) is 9.45. The Morgan fingerprint density at radius 3 is 2.58 bits per heavy atom. The Morgan fingerprint density at radius 2 is 1.89 bits per heavy atom. The highest BCUT2D eigenvalue weighted by Crippen LogP contribution is 2.48. The van der Waals surface area contributed by atoms with Gasteiger partial charge in [0.2, 0.25) is 5.88 Å². The van der Waals surface area contributed by atoms with Gasteiger partial charge in [-0.3, -0.25) is 4.90 Å². The predicted molar refractivity (Wildman–Crippen MR) is 160 cm³/mol. The number of aromatic nitrogens is 4. The van der Waals surface area contributed by atoms with E-state index >= 15 is 4.39 Å². The molecule has 11 nitrogen and oxygen atoms in total. The summed E-state index contributed by atoms with van der Waals surface area (Å²) in [4.78, 5) is 19.4. The highest BCUT2D eigenvalue weighted by Gasteiger charge is 2.49. The van der Waals surface area contributed by atoms with Crippen LogP contribution in [0.5, 0.6) is 11.9 Å². The van der Waals surface area contributed by atoms with Crippen molar-refractivity contribution in [3.63, 3.8) is 0 Å². The van der Waals surface area contributed by atoms with Crippen molar-refractivity contribution in [1.82, 2.24) is 30.2 Å². The molecule has 15 heteroatoms. The number of nitrogens with zero attached hydrogens (tertiary/aromatic N) is 5. The van der Waals surface area contributed by atoms with Crippen LogP contribution >= 0.6 is 0 Å². The largest absolute Gasteiger partial charge is 0.474 e. The molecule has 0 bridgehead atoms. The summed E-state index contributed by atoms with van der Waals surface area (Å²) in [7, 11) is 1.71. The van der Waals surface area contributed by atoms with Crippen LogP contribution in [0.4, 0.5) is 29.2 Å². The summed E-state index contributed by atoms with van der Waals surface area (Å²) >= 11 is 0. The summed E-state index contributed by atoms with van der Waals surface area (Å²) in [5.74, 6) is -1.17. The molecule has 3 aliphatic rings. The first-order chi connectivity index (χ1) is 21.3. The Morgan fingerprint density at radius 1 is 1.13 bits per heavy atom. The van der Waals surface area contributed by atoms with Gasteiger partial charge in [-0.1, -0.05) is 0 Å². The molecule has 1 saturated carbocycles. The first-order valence-electron chi connectivity index (χ1n) is 15.1. The number of anilines is 2. The Bertz CT molecular complexity index is 1590. The second-order valence-electron chi connectivity index (χ2n) is 12.7. The van der Waals surface area contributed by atoms with E-state index < -0.39 is 40.6 Å². The Balaban J connectivity index is 1.43. The van der Waals surface area contributed by atoms with Crippen LogP contribution in [-0.2, 0) is 10.9 Å². The van der Waals surface area contributed by atoms with E-state index in [0.717, 1.165) is 38.5 Å². The second-order valence-corrected chi connectivity index (χ2v) is 12.7. The molecule has 1 unspecified atom stereocenters. The lowest BCUT2D eigenvalue weighted by molar-refractivity contribution is -0.137. The molecule has 6 rings (SSSR count). The Labute approximate surface area is 258 Å². The van der Waals surface area contributed by atoms with Crippen LogP contribution in [0.3, 0.4) is 0 Å². The summed E-state index contributed by atoms with van der Waals surface area (Å²) in [6.07, 6.45) is -2.77. The van der Waals surface area contributed by atoms with Crippen LogP contribution in [0.1, 0.15) is 44.4 Å². The number of nitrogens with two attached hydrogens (primary N) is 1. The Kier molecular flexibility index (Phi) is 8.14. The standard InChI is InChI=1S/C30H38F4N8O3/c1-16-5-8-36-9-10-37-25-20-24(40-27(41-25)44-15-29(6-7-29)14-42-12-28(3,13-42)43-4)22(31)23(39-26(20)45-16)18-11-19(35)38-17(2)21(18)30(32,33)34/h11,16,36H,5-10,12-15H2,1-4H3,(H2,35,38)(H,37,40,41). The van der Waals surface area contributed by atoms with E-state index in [-0.39, 0.29) is 45.4 Å². The monoisotopic (exact) mass is 634 g/mol. The summed E-state index contributed by atoms with van der Waals surface area (Å²) in [6, 6.07) is 0.873. The van der Waals surface area contributed by atoms with Crippen molar-refractivity contribution < 1.29 is 31.8 Å². The lowest BCUT2D eigenvalue weighted by Gasteiger charge is -2.48. The molecule has 1 aliphatic carbocycles. The molecule has 3 aromatic heterocycles. The molecule has 0 aromatic carbocycles. The Hall–Kier alpha value is -3.56. The first kappa shape index (κ1) is 31.4. The number of nitrogens with one attached hydrogen (secondary N) is 2. The van der Waals surface area contributed by atoms with E-state index in [0.29, 0.717) is 32.7 Å². The lowest BCUT2D eigenvalue weighted by atomic mass is 9.94. The fraction of sp³-hybridized carbons (Fsp3) is 0.600. The third kappa shape index (κ3) is 6.42. The van der Waals surface area contributed by atoms with Crippen molar-refractivity contribution in [2.45, 2.75) is 57.9 Å². The molecule has 3 aromatic rings. The van der Waals surface area contributed by atoms with E-state index in [9.17, 15) is 13.2 Å². The number of alkyl halides is 3. The van der Waals surface area contributed by atoms with Crippen molar-refractivity contribution in [3.8, 4) is 23.1 Å². The van der Waals surface area contributed by atoms with Gasteiger partial charge in [0.05, 0.1) is 29.6 Å². The average molecular weight is 635 g/mol. The third-order valence-electron chi connectivity index (χ3n) is 8.76. The second kappa shape index (κ2) is 11.7. The smallest absolute Gasteiger partial charge is 0.418 e. The average Bonchev–Trinajstić information content (AvgIpc) is 3.72. The quantitative estimate of drug-likeness (QED) is 0.323. The van der Waals surface area contributed by atoms with Crippen molar-refractivity contribution in [2.24, 2.45) is 5.41 Å². The third-order valence-corrected chi connectivity index (χ3v) is 8.76. The number of ether oxygens (including phenoxy) is 3. The molecular formula is C30H38F4N8O3. The summed E-state index contributed by atoms with van der Waals surface area (Å²) in [5, 5.41) is 6.60. The van der Waals surface area contributed by atoms with Gasteiger partial charge in [-0.05, 0) is 52.6 Å². The van der Waals surface area contributed by atoms with Gasteiger partial charge in [0.25, 0.3) is 0 Å². The lowest BCUT2D eigenvalue weighted by Crippen LogP contribution is -2.62. The molecule has 45 heavy (non-hydrogen) atoms. The fourth-order valence-corrected chi connectivity index (χ4v) is 6.12. The number of hydrogen-bond donors (Lipinski definition) is 3. The van der Waals surface area contributed by atoms with Gasteiger partial charge < -0.3 is 30.6 Å². The van der Waals surface area contributed by atoms with E-state index in [1.807, 2.05) is 0 Å². The predicted octanol–water partition coefficient (Wildman–Crippen LogP) is 4.19. The van der Waals surface area contributed by atoms with E-state index in [1.165, 1.54) is 6.92 Å². The number of nitrogen functional groups attached to an aromatic ring is 1. The van der Waals surface area contributed by atoms with Gasteiger partial charge in [-0.25, -0.2) is 14.4 Å². The van der Waals surface area contributed by atoms with E-state index in [1.54, 1.807) is 14.0 Å². The minimum atomic E-state index is -4.86. The van der Waals surface area contributed by atoms with Crippen LogP contribution in [0.2, 0.25) is 0 Å². The minimum absolute atomic E-state index is 0.0938. The number of aryl methyl sites for hydroxylation is 1. The molecule has 0 radical (unpaired) electrons. The van der Waals surface area contributed by atoms with Gasteiger partial charge >= 0.3 is 12.2 Å². The zero-order chi connectivity index (χ0) is 32.1. The zero-order valence-electron chi connectivity index (χ0n) is 25.8. The maximum absolute atomic E-state index is 16.5. The van der Waals surface area contributed by atoms with Gasteiger partial charge in [0.15, 0.2) is 5.82 Å². The molecule has 244 valence electrons. The highest BCUT2D eigenvalue weighted by atomic mass is 19.4. The molecular weight excluding hydrogens is 596 g/mol.